The first kappa shape index (κ1) is 12.5. The summed E-state index contributed by atoms with van der Waals surface area (Å²) in [6.07, 6.45) is 3.84. The van der Waals surface area contributed by atoms with Crippen molar-refractivity contribution in [2.24, 2.45) is 0 Å². The van der Waals surface area contributed by atoms with Gasteiger partial charge in [0.2, 0.25) is 5.91 Å². The molecule has 1 aliphatic heterocycles. The van der Waals surface area contributed by atoms with Crippen LogP contribution in [0.5, 0.6) is 5.75 Å². The van der Waals surface area contributed by atoms with Gasteiger partial charge in [0.25, 0.3) is 0 Å². The molecule has 2 aliphatic rings. The molecule has 3 heteroatoms. The Labute approximate surface area is 114 Å². The van der Waals surface area contributed by atoms with E-state index in [0.29, 0.717) is 24.3 Å². The largest absolute Gasteiger partial charge is 0.496 e. The van der Waals surface area contributed by atoms with Crippen molar-refractivity contribution >= 4 is 5.91 Å². The number of nitrogens with zero attached hydrogens (tertiary/aromatic N) is 1. The first-order chi connectivity index (χ1) is 9.26. The van der Waals surface area contributed by atoms with Gasteiger partial charge in [-0.1, -0.05) is 19.1 Å². The lowest BCUT2D eigenvalue weighted by molar-refractivity contribution is -0.129. The molecule has 0 saturated carbocycles. The van der Waals surface area contributed by atoms with Crippen LogP contribution < -0.4 is 4.74 Å². The van der Waals surface area contributed by atoms with E-state index < -0.39 is 0 Å². The molecule has 2 atom stereocenters. The summed E-state index contributed by atoms with van der Waals surface area (Å²) in [7, 11) is 1.72. The molecule has 3 rings (SSSR count). The molecule has 0 bridgehead atoms. The first-order valence-electron chi connectivity index (χ1n) is 7.21. The second kappa shape index (κ2) is 4.87. The van der Waals surface area contributed by atoms with Crippen molar-refractivity contribution in [3.05, 3.63) is 29.3 Å². The highest BCUT2D eigenvalue weighted by molar-refractivity contribution is 5.81. The summed E-state index contributed by atoms with van der Waals surface area (Å²) in [5.41, 5.74) is 2.65. The molecule has 1 fully saturated rings. The summed E-state index contributed by atoms with van der Waals surface area (Å²) in [6, 6.07) is 6.64. The van der Waals surface area contributed by atoms with Gasteiger partial charge in [-0.2, -0.15) is 0 Å². The molecule has 3 nitrogen and oxygen atoms in total. The number of rotatable bonds is 3. The van der Waals surface area contributed by atoms with Crippen molar-refractivity contribution in [2.75, 3.05) is 13.7 Å². The average Bonchev–Trinajstić information content (AvgIpc) is 2.75. The van der Waals surface area contributed by atoms with E-state index in [9.17, 15) is 4.79 Å². The van der Waals surface area contributed by atoms with E-state index in [2.05, 4.69) is 24.0 Å². The third-order valence-electron chi connectivity index (χ3n) is 4.50. The maximum atomic E-state index is 12.2. The minimum absolute atomic E-state index is 0.315. The van der Waals surface area contributed by atoms with E-state index >= 15 is 0 Å². The van der Waals surface area contributed by atoms with Crippen LogP contribution in [0.25, 0.3) is 0 Å². The van der Waals surface area contributed by atoms with Gasteiger partial charge in [-0.25, -0.2) is 0 Å². The molecule has 1 aliphatic carbocycles. The zero-order chi connectivity index (χ0) is 13.4. The number of hydrogen-bond acceptors (Lipinski definition) is 2. The molecular formula is C16H21NO2. The van der Waals surface area contributed by atoms with Crippen molar-refractivity contribution in [3.8, 4) is 5.75 Å². The second-order valence-corrected chi connectivity index (χ2v) is 5.54. The summed E-state index contributed by atoms with van der Waals surface area (Å²) >= 11 is 0. The Bertz CT molecular complexity index is 483. The van der Waals surface area contributed by atoms with Gasteiger partial charge in [-0.3, -0.25) is 4.79 Å². The Morgan fingerprint density at radius 1 is 1.42 bits per heavy atom. The normalized spacial score (nSPS) is 25.2. The van der Waals surface area contributed by atoms with Gasteiger partial charge in [-0.05, 0) is 30.9 Å². The van der Waals surface area contributed by atoms with Crippen LogP contribution in [0.3, 0.4) is 0 Å². The quantitative estimate of drug-likeness (QED) is 0.835. The van der Waals surface area contributed by atoms with Crippen molar-refractivity contribution in [1.29, 1.82) is 0 Å². The lowest BCUT2D eigenvalue weighted by atomic mass is 9.79. The van der Waals surface area contributed by atoms with E-state index in [0.717, 1.165) is 31.6 Å². The fraction of sp³-hybridized carbons (Fsp3) is 0.562. The van der Waals surface area contributed by atoms with Gasteiger partial charge in [-0.15, -0.1) is 0 Å². The number of fused-ring (bicyclic) bond motifs is 3. The lowest BCUT2D eigenvalue weighted by Crippen LogP contribution is -2.37. The Hall–Kier alpha value is -1.51. The molecule has 19 heavy (non-hydrogen) atoms. The van der Waals surface area contributed by atoms with E-state index in [4.69, 9.17) is 4.74 Å². The smallest absolute Gasteiger partial charge is 0.223 e. The Morgan fingerprint density at radius 3 is 3.00 bits per heavy atom. The molecule has 1 heterocycles. The predicted octanol–water partition coefficient (Wildman–Crippen LogP) is 2.74. The number of aryl methyl sites for hydroxylation is 1. The molecule has 102 valence electrons. The molecule has 1 saturated heterocycles. The second-order valence-electron chi connectivity index (χ2n) is 5.54. The maximum absolute atomic E-state index is 12.2. The summed E-state index contributed by atoms with van der Waals surface area (Å²) in [6.45, 7) is 3.03. The van der Waals surface area contributed by atoms with Gasteiger partial charge in [0, 0.05) is 30.5 Å². The van der Waals surface area contributed by atoms with Crippen LogP contribution in [0.2, 0.25) is 0 Å². The minimum Gasteiger partial charge on any atom is -0.496 e. The average molecular weight is 259 g/mol. The van der Waals surface area contributed by atoms with E-state index in [-0.39, 0.29) is 0 Å². The number of amides is 1. The van der Waals surface area contributed by atoms with Gasteiger partial charge in [0.15, 0.2) is 0 Å². The zero-order valence-electron chi connectivity index (χ0n) is 11.7. The minimum atomic E-state index is 0.315. The maximum Gasteiger partial charge on any atom is 0.223 e. The molecular weight excluding hydrogens is 238 g/mol. The fourth-order valence-electron chi connectivity index (χ4n) is 3.74. The van der Waals surface area contributed by atoms with Gasteiger partial charge < -0.3 is 9.64 Å². The van der Waals surface area contributed by atoms with Crippen LogP contribution in [0.4, 0.5) is 0 Å². The highest BCUT2D eigenvalue weighted by atomic mass is 16.5. The lowest BCUT2D eigenvalue weighted by Gasteiger charge is -2.33. The van der Waals surface area contributed by atoms with Gasteiger partial charge in [0.1, 0.15) is 5.75 Å². The van der Waals surface area contributed by atoms with Crippen LogP contribution in [0.15, 0.2) is 18.2 Å². The van der Waals surface area contributed by atoms with E-state index in [1.165, 1.54) is 11.1 Å². The SMILES string of the molecule is CCCN1C(=O)C[C@H]2c3c(cccc3OC)CC[C@H]21. The summed E-state index contributed by atoms with van der Waals surface area (Å²) in [4.78, 5) is 14.3. The number of methoxy groups -OCH3 is 1. The molecule has 1 aromatic rings. The number of hydrogen-bond donors (Lipinski definition) is 0. The molecule has 1 aromatic carbocycles. The Balaban J connectivity index is 2.00. The highest BCUT2D eigenvalue weighted by Crippen LogP contribution is 2.45. The zero-order valence-corrected chi connectivity index (χ0v) is 11.7. The number of benzene rings is 1. The van der Waals surface area contributed by atoms with Gasteiger partial charge in [0.05, 0.1) is 7.11 Å². The van der Waals surface area contributed by atoms with Crippen LogP contribution in [0.1, 0.15) is 43.2 Å². The Kier molecular flexibility index (Phi) is 3.21. The monoisotopic (exact) mass is 259 g/mol. The molecule has 0 aromatic heterocycles. The Morgan fingerprint density at radius 2 is 2.26 bits per heavy atom. The van der Waals surface area contributed by atoms with Crippen LogP contribution in [-0.2, 0) is 11.2 Å². The summed E-state index contributed by atoms with van der Waals surface area (Å²) in [5.74, 6) is 1.60. The molecule has 0 spiro atoms. The molecule has 0 N–H and O–H groups in total. The third kappa shape index (κ3) is 1.92. The first-order valence-corrected chi connectivity index (χ1v) is 7.21. The van der Waals surface area contributed by atoms with Gasteiger partial charge >= 0.3 is 0 Å². The van der Waals surface area contributed by atoms with Crippen molar-refractivity contribution in [3.63, 3.8) is 0 Å². The topological polar surface area (TPSA) is 29.5 Å². The third-order valence-corrected chi connectivity index (χ3v) is 4.50. The summed E-state index contributed by atoms with van der Waals surface area (Å²) in [5, 5.41) is 0. The van der Waals surface area contributed by atoms with E-state index in [1.807, 2.05) is 6.07 Å². The van der Waals surface area contributed by atoms with Crippen LogP contribution in [-0.4, -0.2) is 30.5 Å². The highest BCUT2D eigenvalue weighted by Gasteiger charge is 2.43. The fourth-order valence-corrected chi connectivity index (χ4v) is 3.74. The molecule has 0 unspecified atom stereocenters. The number of ether oxygens (including phenoxy) is 1. The molecule has 1 amide bonds. The van der Waals surface area contributed by atoms with Crippen LogP contribution >= 0.6 is 0 Å². The van der Waals surface area contributed by atoms with Crippen LogP contribution in [0, 0.1) is 0 Å². The number of likely N-dealkylation sites (tertiary alicyclic amines) is 1. The van der Waals surface area contributed by atoms with Crippen molar-refractivity contribution < 1.29 is 9.53 Å². The van der Waals surface area contributed by atoms with Crippen molar-refractivity contribution in [1.82, 2.24) is 4.90 Å². The summed E-state index contributed by atoms with van der Waals surface area (Å²) < 4.78 is 5.52. The van der Waals surface area contributed by atoms with E-state index in [1.54, 1.807) is 7.11 Å². The standard InChI is InChI=1S/C16H21NO2/c1-3-9-17-13-8-7-11-5-4-6-14(19-2)16(11)12(13)10-15(17)18/h4-6,12-13H,3,7-10H2,1-2H3/t12-,13-/m1/s1. The number of carbonyl (C=O) groups excluding carboxylic acids is 1. The predicted molar refractivity (Wildman–Crippen MR) is 74.5 cm³/mol. The number of carbonyl (C=O) groups is 1. The molecule has 0 radical (unpaired) electrons. The van der Waals surface area contributed by atoms with Crippen molar-refractivity contribution in [2.45, 2.75) is 44.6 Å².